The average molecular weight is 228 g/mol. The zero-order valence-electron chi connectivity index (χ0n) is 11.9. The Kier molecular flexibility index (Phi) is 9.02. The van der Waals surface area contributed by atoms with Crippen LogP contribution in [-0.2, 0) is 0 Å². The molecule has 0 spiro atoms. The summed E-state index contributed by atoms with van der Waals surface area (Å²) in [6, 6.07) is 0. The van der Waals surface area contributed by atoms with E-state index in [1.54, 1.807) is 0 Å². The van der Waals surface area contributed by atoms with Gasteiger partial charge in [-0.2, -0.15) is 0 Å². The third-order valence-corrected chi connectivity index (χ3v) is 3.33. The van der Waals surface area contributed by atoms with Crippen LogP contribution in [0.1, 0.15) is 85.5 Å². The summed E-state index contributed by atoms with van der Waals surface area (Å²) in [5.41, 5.74) is 0.0567. The van der Waals surface area contributed by atoms with Crippen LogP contribution in [-0.4, -0.2) is 11.2 Å². The van der Waals surface area contributed by atoms with Crippen LogP contribution in [0.25, 0.3) is 0 Å². The normalized spacial score (nSPS) is 14.1. The molecule has 0 aliphatic rings. The maximum atomic E-state index is 9.86. The van der Waals surface area contributed by atoms with Crippen molar-refractivity contribution in [2.45, 2.75) is 91.6 Å². The zero-order chi connectivity index (χ0) is 12.4. The lowest BCUT2D eigenvalue weighted by molar-refractivity contribution is 0.0533. The van der Waals surface area contributed by atoms with Gasteiger partial charge in [0.25, 0.3) is 0 Å². The van der Waals surface area contributed by atoms with Crippen LogP contribution < -0.4 is 0 Å². The molecule has 1 N–H and O–H groups in total. The molecule has 0 aliphatic carbocycles. The Bertz CT molecular complexity index is 146. The van der Waals surface area contributed by atoms with Crippen molar-refractivity contribution in [3.8, 4) is 0 Å². The highest BCUT2D eigenvalue weighted by atomic mass is 16.3. The van der Waals surface area contributed by atoms with Gasteiger partial charge >= 0.3 is 0 Å². The van der Waals surface area contributed by atoms with Gasteiger partial charge in [0.2, 0.25) is 0 Å². The van der Waals surface area contributed by atoms with Gasteiger partial charge in [0.05, 0.1) is 6.10 Å². The van der Waals surface area contributed by atoms with Crippen LogP contribution in [0.2, 0.25) is 0 Å². The molecule has 0 radical (unpaired) electrons. The number of rotatable bonds is 9. The fraction of sp³-hybridized carbons (Fsp3) is 1.00. The lowest BCUT2D eigenvalue weighted by Crippen LogP contribution is -2.25. The van der Waals surface area contributed by atoms with Crippen molar-refractivity contribution in [1.29, 1.82) is 0 Å². The number of unbranched alkanes of at least 4 members (excludes halogenated alkanes) is 7. The summed E-state index contributed by atoms with van der Waals surface area (Å²) >= 11 is 0. The standard InChI is InChI=1S/C15H32O/c1-5-6-7-8-9-10-11-12-13-14(16)15(2,3)4/h14,16H,5-13H2,1-4H3. The molecule has 0 aromatic rings. The van der Waals surface area contributed by atoms with Gasteiger partial charge in [-0.1, -0.05) is 79.1 Å². The highest BCUT2D eigenvalue weighted by Crippen LogP contribution is 2.23. The zero-order valence-corrected chi connectivity index (χ0v) is 11.9. The summed E-state index contributed by atoms with van der Waals surface area (Å²) in [6.45, 7) is 8.60. The number of aliphatic hydroxyl groups excluding tert-OH is 1. The fourth-order valence-electron chi connectivity index (χ4n) is 1.90. The summed E-state index contributed by atoms with van der Waals surface area (Å²) in [7, 11) is 0. The number of aliphatic hydroxyl groups is 1. The van der Waals surface area contributed by atoms with E-state index in [0.717, 1.165) is 6.42 Å². The molecule has 0 aromatic carbocycles. The Morgan fingerprint density at radius 3 is 1.69 bits per heavy atom. The summed E-state index contributed by atoms with van der Waals surface area (Å²) in [6.07, 6.45) is 11.6. The summed E-state index contributed by atoms with van der Waals surface area (Å²) in [5, 5.41) is 9.86. The third-order valence-electron chi connectivity index (χ3n) is 3.33. The molecule has 0 saturated carbocycles. The van der Waals surface area contributed by atoms with Gasteiger partial charge in [-0.05, 0) is 11.8 Å². The lowest BCUT2D eigenvalue weighted by Gasteiger charge is -2.25. The minimum atomic E-state index is -0.132. The van der Waals surface area contributed by atoms with Gasteiger partial charge in [0.1, 0.15) is 0 Å². The van der Waals surface area contributed by atoms with E-state index in [9.17, 15) is 5.11 Å². The summed E-state index contributed by atoms with van der Waals surface area (Å²) in [4.78, 5) is 0. The first-order chi connectivity index (χ1) is 7.48. The maximum absolute atomic E-state index is 9.86. The van der Waals surface area contributed by atoms with Crippen molar-refractivity contribution < 1.29 is 5.11 Å². The molecule has 16 heavy (non-hydrogen) atoms. The fourth-order valence-corrected chi connectivity index (χ4v) is 1.90. The monoisotopic (exact) mass is 228 g/mol. The molecule has 0 saturated heterocycles. The predicted octanol–water partition coefficient (Wildman–Crippen LogP) is 4.92. The van der Waals surface area contributed by atoms with Gasteiger partial charge in [0.15, 0.2) is 0 Å². The van der Waals surface area contributed by atoms with Crippen molar-refractivity contribution >= 4 is 0 Å². The highest BCUT2D eigenvalue weighted by Gasteiger charge is 2.20. The van der Waals surface area contributed by atoms with Gasteiger partial charge in [-0.15, -0.1) is 0 Å². The van der Waals surface area contributed by atoms with Crippen LogP contribution in [0.5, 0.6) is 0 Å². The van der Waals surface area contributed by atoms with Gasteiger partial charge in [0, 0.05) is 0 Å². The molecule has 1 nitrogen and oxygen atoms in total. The first kappa shape index (κ1) is 16.0. The second kappa shape index (κ2) is 9.04. The Morgan fingerprint density at radius 1 is 0.812 bits per heavy atom. The molecule has 0 fully saturated rings. The topological polar surface area (TPSA) is 20.2 Å². The summed E-state index contributed by atoms with van der Waals surface area (Å²) < 4.78 is 0. The molecule has 98 valence electrons. The smallest absolute Gasteiger partial charge is 0.0588 e. The van der Waals surface area contributed by atoms with Gasteiger partial charge < -0.3 is 5.11 Å². The average Bonchev–Trinajstić information content (AvgIpc) is 2.20. The van der Waals surface area contributed by atoms with Crippen LogP contribution in [0.4, 0.5) is 0 Å². The molecule has 0 aromatic heterocycles. The van der Waals surface area contributed by atoms with E-state index < -0.39 is 0 Å². The molecular weight excluding hydrogens is 196 g/mol. The van der Waals surface area contributed by atoms with E-state index in [1.807, 2.05) is 0 Å². The molecule has 1 atom stereocenters. The Balaban J connectivity index is 3.21. The van der Waals surface area contributed by atoms with E-state index in [1.165, 1.54) is 51.4 Å². The minimum Gasteiger partial charge on any atom is -0.393 e. The quantitative estimate of drug-likeness (QED) is 0.555. The first-order valence-corrected chi connectivity index (χ1v) is 7.16. The second-order valence-electron chi connectivity index (χ2n) is 6.15. The number of hydrogen-bond acceptors (Lipinski definition) is 1. The Labute approximate surface area is 103 Å². The predicted molar refractivity (Wildman–Crippen MR) is 72.7 cm³/mol. The molecule has 0 amide bonds. The van der Waals surface area contributed by atoms with Crippen LogP contribution >= 0.6 is 0 Å². The van der Waals surface area contributed by atoms with Crippen molar-refractivity contribution in [2.75, 3.05) is 0 Å². The Morgan fingerprint density at radius 2 is 1.25 bits per heavy atom. The van der Waals surface area contributed by atoms with E-state index in [0.29, 0.717) is 0 Å². The molecular formula is C15H32O. The van der Waals surface area contributed by atoms with E-state index in [-0.39, 0.29) is 11.5 Å². The maximum Gasteiger partial charge on any atom is 0.0588 e. The van der Waals surface area contributed by atoms with Crippen molar-refractivity contribution in [1.82, 2.24) is 0 Å². The van der Waals surface area contributed by atoms with Crippen LogP contribution in [0.3, 0.4) is 0 Å². The molecule has 1 heteroatoms. The van der Waals surface area contributed by atoms with Crippen LogP contribution in [0.15, 0.2) is 0 Å². The largest absolute Gasteiger partial charge is 0.393 e. The SMILES string of the molecule is CCCCCCCCCCC(O)C(C)(C)C. The third kappa shape index (κ3) is 9.21. The van der Waals surface area contributed by atoms with Crippen molar-refractivity contribution in [3.05, 3.63) is 0 Å². The van der Waals surface area contributed by atoms with Gasteiger partial charge in [-0.3, -0.25) is 0 Å². The van der Waals surface area contributed by atoms with Crippen LogP contribution in [0, 0.1) is 5.41 Å². The summed E-state index contributed by atoms with van der Waals surface area (Å²) in [5.74, 6) is 0. The Hall–Kier alpha value is -0.0400. The minimum absolute atomic E-state index is 0.0567. The highest BCUT2D eigenvalue weighted by molar-refractivity contribution is 4.72. The molecule has 0 heterocycles. The lowest BCUT2D eigenvalue weighted by atomic mass is 9.86. The second-order valence-corrected chi connectivity index (χ2v) is 6.15. The molecule has 0 rings (SSSR count). The molecule has 0 bridgehead atoms. The number of hydrogen-bond donors (Lipinski definition) is 1. The van der Waals surface area contributed by atoms with Crippen molar-refractivity contribution in [3.63, 3.8) is 0 Å². The van der Waals surface area contributed by atoms with Crippen molar-refractivity contribution in [2.24, 2.45) is 5.41 Å². The van der Waals surface area contributed by atoms with E-state index in [4.69, 9.17) is 0 Å². The van der Waals surface area contributed by atoms with Gasteiger partial charge in [-0.25, -0.2) is 0 Å². The van der Waals surface area contributed by atoms with E-state index in [2.05, 4.69) is 27.7 Å². The molecule has 0 aliphatic heterocycles. The first-order valence-electron chi connectivity index (χ1n) is 7.16. The van der Waals surface area contributed by atoms with E-state index >= 15 is 0 Å². The molecule has 1 unspecified atom stereocenters.